The highest BCUT2D eigenvalue weighted by molar-refractivity contribution is 5.85. The summed E-state index contributed by atoms with van der Waals surface area (Å²) >= 11 is 0. The fourth-order valence-electron chi connectivity index (χ4n) is 2.91. The Bertz CT molecular complexity index is 703. The van der Waals surface area contributed by atoms with Gasteiger partial charge >= 0.3 is 5.97 Å². The lowest BCUT2D eigenvalue weighted by molar-refractivity contribution is -0.142. The average Bonchev–Trinajstić information content (AvgIpc) is 3.28. The second-order valence-corrected chi connectivity index (χ2v) is 6.24. The molecule has 3 rings (SSSR count). The number of aromatic nitrogens is 1. The Morgan fingerprint density at radius 2 is 2.18 bits per heavy atom. The lowest BCUT2D eigenvalue weighted by Gasteiger charge is -2.26. The van der Waals surface area contributed by atoms with E-state index in [4.69, 9.17) is 15.1 Å². The largest absolute Gasteiger partial charge is 0.480 e. The summed E-state index contributed by atoms with van der Waals surface area (Å²) in [5, 5.41) is 19.2. The number of epoxide rings is 1. The average molecular weight is 304 g/mol. The molecule has 0 saturated carbocycles. The summed E-state index contributed by atoms with van der Waals surface area (Å²) in [4.78, 5) is 11.1. The number of hydrogen-bond acceptors (Lipinski definition) is 4. The molecule has 0 amide bonds. The second-order valence-electron chi connectivity index (χ2n) is 6.24. The number of carboxylic acids is 1. The third kappa shape index (κ3) is 2.49. The predicted molar refractivity (Wildman–Crippen MR) is 81.1 cm³/mol. The van der Waals surface area contributed by atoms with Gasteiger partial charge in [-0.2, -0.15) is 5.48 Å². The van der Waals surface area contributed by atoms with Crippen molar-refractivity contribution in [2.75, 3.05) is 6.61 Å². The Morgan fingerprint density at radius 3 is 2.77 bits per heavy atom. The Labute approximate surface area is 128 Å². The molecule has 6 heteroatoms. The molecule has 0 bridgehead atoms. The van der Waals surface area contributed by atoms with E-state index in [2.05, 4.69) is 18.4 Å². The van der Waals surface area contributed by atoms with Crippen LogP contribution in [0.2, 0.25) is 0 Å². The van der Waals surface area contributed by atoms with Crippen LogP contribution in [0.1, 0.15) is 19.4 Å². The van der Waals surface area contributed by atoms with Crippen LogP contribution in [0.4, 0.5) is 0 Å². The highest BCUT2D eigenvalue weighted by Gasteiger charge is 2.41. The zero-order valence-corrected chi connectivity index (χ0v) is 12.6. The van der Waals surface area contributed by atoms with Crippen LogP contribution in [0.5, 0.6) is 0 Å². The van der Waals surface area contributed by atoms with Gasteiger partial charge in [-0.15, -0.1) is 0 Å². The predicted octanol–water partition coefficient (Wildman–Crippen LogP) is 1.75. The SMILES string of the molecule is CC(C)([C@H]1CO1)n1cc(C[C@H](NO)C(=O)O)c2ccccc21. The first kappa shape index (κ1) is 15.0. The summed E-state index contributed by atoms with van der Waals surface area (Å²) in [6.45, 7) is 4.96. The number of hydroxylamine groups is 1. The molecule has 1 aromatic heterocycles. The number of nitrogens with one attached hydrogen (secondary N) is 1. The van der Waals surface area contributed by atoms with Crippen molar-refractivity contribution >= 4 is 16.9 Å². The van der Waals surface area contributed by atoms with E-state index in [-0.39, 0.29) is 18.1 Å². The van der Waals surface area contributed by atoms with Gasteiger partial charge in [0.15, 0.2) is 0 Å². The van der Waals surface area contributed by atoms with Gasteiger partial charge in [0.05, 0.1) is 12.1 Å². The van der Waals surface area contributed by atoms with Crippen molar-refractivity contribution in [3.8, 4) is 0 Å². The molecule has 1 aromatic carbocycles. The molecule has 1 saturated heterocycles. The summed E-state index contributed by atoms with van der Waals surface area (Å²) in [5.41, 5.74) is 3.59. The Hall–Kier alpha value is -1.89. The van der Waals surface area contributed by atoms with Crippen LogP contribution < -0.4 is 5.48 Å². The number of nitrogens with zero attached hydrogens (tertiary/aromatic N) is 1. The van der Waals surface area contributed by atoms with Crippen molar-refractivity contribution in [2.45, 2.75) is 38.0 Å². The van der Waals surface area contributed by atoms with Crippen LogP contribution in [-0.4, -0.2) is 39.6 Å². The van der Waals surface area contributed by atoms with Crippen LogP contribution in [0.3, 0.4) is 0 Å². The third-order valence-corrected chi connectivity index (χ3v) is 4.41. The van der Waals surface area contributed by atoms with Crippen molar-refractivity contribution < 1.29 is 19.8 Å². The van der Waals surface area contributed by atoms with Gasteiger partial charge < -0.3 is 19.6 Å². The van der Waals surface area contributed by atoms with E-state index in [0.29, 0.717) is 0 Å². The summed E-state index contributed by atoms with van der Waals surface area (Å²) in [6, 6.07) is 6.86. The molecular formula is C16H20N2O4. The molecule has 2 atom stereocenters. The Morgan fingerprint density at radius 1 is 1.50 bits per heavy atom. The molecule has 1 aliphatic heterocycles. The molecule has 118 valence electrons. The van der Waals surface area contributed by atoms with Gasteiger partial charge in [0.1, 0.15) is 12.1 Å². The molecule has 2 heterocycles. The molecular weight excluding hydrogens is 284 g/mol. The number of fused-ring (bicyclic) bond motifs is 1. The minimum atomic E-state index is -1.08. The van der Waals surface area contributed by atoms with Gasteiger partial charge in [0, 0.05) is 23.5 Å². The van der Waals surface area contributed by atoms with Crippen molar-refractivity contribution in [1.82, 2.24) is 10.0 Å². The normalized spacial score (nSPS) is 19.3. The molecule has 0 unspecified atom stereocenters. The van der Waals surface area contributed by atoms with Gasteiger partial charge in [0.2, 0.25) is 0 Å². The molecule has 22 heavy (non-hydrogen) atoms. The highest BCUT2D eigenvalue weighted by Crippen LogP contribution is 2.36. The molecule has 1 fully saturated rings. The van der Waals surface area contributed by atoms with Crippen molar-refractivity contribution in [3.05, 3.63) is 36.0 Å². The number of benzene rings is 1. The van der Waals surface area contributed by atoms with Crippen molar-refractivity contribution in [3.63, 3.8) is 0 Å². The van der Waals surface area contributed by atoms with Gasteiger partial charge in [0.25, 0.3) is 0 Å². The van der Waals surface area contributed by atoms with E-state index in [0.717, 1.165) is 23.1 Å². The lowest BCUT2D eigenvalue weighted by Crippen LogP contribution is -2.36. The Kier molecular flexibility index (Phi) is 3.68. The summed E-state index contributed by atoms with van der Waals surface area (Å²) in [5.74, 6) is -1.08. The van der Waals surface area contributed by atoms with Gasteiger partial charge in [-0.1, -0.05) is 18.2 Å². The summed E-state index contributed by atoms with van der Waals surface area (Å²) < 4.78 is 7.60. The van der Waals surface area contributed by atoms with E-state index in [1.807, 2.05) is 35.9 Å². The standard InChI is InChI=1S/C16H20N2O4/c1-16(2,14-9-22-14)18-8-10(7-12(17-21)15(19)20)11-5-3-4-6-13(11)18/h3-6,8,12,14,17,21H,7,9H2,1-2H3,(H,19,20)/t12-,14+/m0/s1. The van der Waals surface area contributed by atoms with Crippen molar-refractivity contribution in [1.29, 1.82) is 0 Å². The van der Waals surface area contributed by atoms with E-state index in [1.54, 1.807) is 0 Å². The van der Waals surface area contributed by atoms with E-state index in [1.165, 1.54) is 0 Å². The summed E-state index contributed by atoms with van der Waals surface area (Å²) in [7, 11) is 0. The van der Waals surface area contributed by atoms with E-state index in [9.17, 15) is 4.79 Å². The summed E-state index contributed by atoms with van der Waals surface area (Å²) in [6.07, 6.45) is 2.35. The van der Waals surface area contributed by atoms with Crippen LogP contribution >= 0.6 is 0 Å². The lowest BCUT2D eigenvalue weighted by atomic mass is 10.0. The molecule has 0 aliphatic carbocycles. The number of hydrogen-bond donors (Lipinski definition) is 3. The second kappa shape index (κ2) is 5.39. The highest BCUT2D eigenvalue weighted by atomic mass is 16.6. The number of rotatable bonds is 6. The van der Waals surface area contributed by atoms with Crippen LogP contribution in [0.25, 0.3) is 10.9 Å². The van der Waals surface area contributed by atoms with Gasteiger partial charge in [-0.25, -0.2) is 0 Å². The number of carbonyl (C=O) groups is 1. The molecule has 1 aliphatic rings. The number of carboxylic acid groups (broad SMARTS) is 1. The van der Waals surface area contributed by atoms with Gasteiger partial charge in [-0.05, 0) is 25.5 Å². The molecule has 0 radical (unpaired) electrons. The van der Waals surface area contributed by atoms with E-state index < -0.39 is 12.0 Å². The minimum absolute atomic E-state index is 0.169. The van der Waals surface area contributed by atoms with E-state index >= 15 is 0 Å². The third-order valence-electron chi connectivity index (χ3n) is 4.41. The maximum absolute atomic E-state index is 11.1. The maximum atomic E-state index is 11.1. The first-order valence-corrected chi connectivity index (χ1v) is 7.28. The van der Waals surface area contributed by atoms with Gasteiger partial charge in [-0.3, -0.25) is 4.79 Å². The molecule has 6 nitrogen and oxygen atoms in total. The first-order chi connectivity index (χ1) is 10.4. The van der Waals surface area contributed by atoms with Crippen LogP contribution in [0, 0.1) is 0 Å². The smallest absolute Gasteiger partial charge is 0.323 e. The zero-order chi connectivity index (χ0) is 15.9. The molecule has 3 N–H and O–H groups in total. The zero-order valence-electron chi connectivity index (χ0n) is 12.6. The van der Waals surface area contributed by atoms with Crippen LogP contribution in [-0.2, 0) is 21.5 Å². The fraction of sp³-hybridized carbons (Fsp3) is 0.438. The minimum Gasteiger partial charge on any atom is -0.480 e. The fourth-order valence-corrected chi connectivity index (χ4v) is 2.91. The number of para-hydroxylation sites is 1. The number of ether oxygens (including phenoxy) is 1. The maximum Gasteiger partial charge on any atom is 0.323 e. The molecule has 0 spiro atoms. The monoisotopic (exact) mass is 304 g/mol. The Balaban J connectivity index is 2.06. The molecule has 2 aromatic rings. The quantitative estimate of drug-likeness (QED) is 0.559. The van der Waals surface area contributed by atoms with Crippen molar-refractivity contribution in [2.24, 2.45) is 0 Å². The number of aliphatic carboxylic acids is 1. The van der Waals surface area contributed by atoms with Crippen LogP contribution in [0.15, 0.2) is 30.5 Å². The first-order valence-electron chi connectivity index (χ1n) is 7.28. The topological polar surface area (TPSA) is 87.0 Å².